The minimum atomic E-state index is -0.689. The van der Waals surface area contributed by atoms with E-state index < -0.39 is 5.60 Å². The number of rotatable bonds is 6. The molecule has 0 atom stereocenters. The number of benzene rings is 1. The van der Waals surface area contributed by atoms with Crippen molar-refractivity contribution in [3.63, 3.8) is 0 Å². The van der Waals surface area contributed by atoms with Crippen molar-refractivity contribution in [2.75, 3.05) is 13.7 Å². The van der Waals surface area contributed by atoms with E-state index in [0.717, 1.165) is 11.3 Å². The summed E-state index contributed by atoms with van der Waals surface area (Å²) in [6.45, 7) is 9.17. The van der Waals surface area contributed by atoms with Crippen LogP contribution in [0.1, 0.15) is 44.7 Å². The summed E-state index contributed by atoms with van der Waals surface area (Å²) < 4.78 is 5.42. The van der Waals surface area contributed by atoms with Gasteiger partial charge in [-0.15, -0.1) is 0 Å². The lowest BCUT2D eigenvalue weighted by molar-refractivity contribution is 0.0794. The molecule has 1 aromatic carbocycles. The Labute approximate surface area is 110 Å². The summed E-state index contributed by atoms with van der Waals surface area (Å²) in [7, 11) is 1.69. The van der Waals surface area contributed by atoms with Gasteiger partial charge in [0.25, 0.3) is 0 Å². The smallest absolute Gasteiger partial charge is 0.123 e. The third-order valence-electron chi connectivity index (χ3n) is 2.85. The first-order chi connectivity index (χ1) is 8.33. The number of hydrogen-bond acceptors (Lipinski definition) is 3. The van der Waals surface area contributed by atoms with Gasteiger partial charge in [0.1, 0.15) is 5.75 Å². The quantitative estimate of drug-likeness (QED) is 0.816. The summed E-state index contributed by atoms with van der Waals surface area (Å²) in [6, 6.07) is 6.31. The first-order valence-corrected chi connectivity index (χ1v) is 6.43. The van der Waals surface area contributed by atoms with E-state index in [-0.39, 0.29) is 0 Å². The lowest BCUT2D eigenvalue weighted by atomic mass is 10.0. The van der Waals surface area contributed by atoms with Gasteiger partial charge in [0.05, 0.1) is 12.7 Å². The molecule has 0 spiro atoms. The Morgan fingerprint density at radius 3 is 2.50 bits per heavy atom. The van der Waals surface area contributed by atoms with E-state index in [2.05, 4.69) is 37.4 Å². The third-order valence-corrected chi connectivity index (χ3v) is 2.85. The summed E-state index contributed by atoms with van der Waals surface area (Å²) in [5.41, 5.74) is 1.70. The highest BCUT2D eigenvalue weighted by atomic mass is 16.5. The van der Waals surface area contributed by atoms with Crippen molar-refractivity contribution in [1.82, 2.24) is 5.32 Å². The third kappa shape index (κ3) is 4.67. The fraction of sp³-hybridized carbons (Fsp3) is 0.600. The molecule has 0 aromatic heterocycles. The van der Waals surface area contributed by atoms with Crippen molar-refractivity contribution in [3.8, 4) is 5.75 Å². The maximum absolute atomic E-state index is 9.65. The zero-order valence-electron chi connectivity index (χ0n) is 12.1. The summed E-state index contributed by atoms with van der Waals surface area (Å²) in [6.07, 6.45) is 0. The van der Waals surface area contributed by atoms with Gasteiger partial charge < -0.3 is 15.2 Å². The van der Waals surface area contributed by atoms with Crippen LogP contribution in [0.15, 0.2) is 18.2 Å². The number of methoxy groups -OCH3 is 1. The molecule has 1 rings (SSSR count). The molecular weight excluding hydrogens is 226 g/mol. The molecule has 0 bridgehead atoms. The van der Waals surface area contributed by atoms with Crippen molar-refractivity contribution >= 4 is 0 Å². The second-order valence-corrected chi connectivity index (χ2v) is 5.64. The molecule has 18 heavy (non-hydrogen) atoms. The molecule has 0 saturated heterocycles. The second kappa shape index (κ2) is 6.21. The van der Waals surface area contributed by atoms with Crippen LogP contribution in [0.5, 0.6) is 5.75 Å². The zero-order valence-corrected chi connectivity index (χ0v) is 12.1. The maximum atomic E-state index is 9.65. The number of nitrogens with one attached hydrogen (secondary N) is 1. The average Bonchev–Trinajstić information content (AvgIpc) is 2.27. The molecule has 3 nitrogen and oxygen atoms in total. The van der Waals surface area contributed by atoms with Gasteiger partial charge in [0.2, 0.25) is 0 Å². The first-order valence-electron chi connectivity index (χ1n) is 6.43. The molecule has 3 heteroatoms. The molecule has 2 N–H and O–H groups in total. The standard InChI is InChI=1S/C15H25NO2/c1-11(2)12-6-7-13(14(8-12)18-5)9-16-10-15(3,4)17/h6-8,11,16-17H,9-10H2,1-5H3. The topological polar surface area (TPSA) is 41.5 Å². The Hall–Kier alpha value is -1.06. The highest BCUT2D eigenvalue weighted by Crippen LogP contribution is 2.24. The van der Waals surface area contributed by atoms with Crippen LogP contribution >= 0.6 is 0 Å². The van der Waals surface area contributed by atoms with Crippen LogP contribution in [0.25, 0.3) is 0 Å². The largest absolute Gasteiger partial charge is 0.496 e. The van der Waals surface area contributed by atoms with E-state index in [9.17, 15) is 5.11 Å². The van der Waals surface area contributed by atoms with Gasteiger partial charge in [0, 0.05) is 18.7 Å². The Bertz CT molecular complexity index is 381. The Morgan fingerprint density at radius 2 is 2.00 bits per heavy atom. The lowest BCUT2D eigenvalue weighted by Crippen LogP contribution is -2.34. The number of aliphatic hydroxyl groups is 1. The average molecular weight is 251 g/mol. The van der Waals surface area contributed by atoms with Crippen molar-refractivity contribution in [3.05, 3.63) is 29.3 Å². The van der Waals surface area contributed by atoms with Gasteiger partial charge in [-0.1, -0.05) is 26.0 Å². The van der Waals surface area contributed by atoms with Crippen LogP contribution in [0.4, 0.5) is 0 Å². The predicted molar refractivity (Wildman–Crippen MR) is 75.1 cm³/mol. The molecule has 0 amide bonds. The van der Waals surface area contributed by atoms with Gasteiger partial charge in [-0.3, -0.25) is 0 Å². The number of hydrogen-bond donors (Lipinski definition) is 2. The van der Waals surface area contributed by atoms with E-state index in [1.54, 1.807) is 21.0 Å². The molecule has 0 unspecified atom stereocenters. The lowest BCUT2D eigenvalue weighted by Gasteiger charge is -2.19. The monoisotopic (exact) mass is 251 g/mol. The molecule has 0 aliphatic heterocycles. The highest BCUT2D eigenvalue weighted by molar-refractivity contribution is 5.38. The van der Waals surface area contributed by atoms with Crippen LogP contribution in [-0.4, -0.2) is 24.4 Å². The van der Waals surface area contributed by atoms with E-state index in [4.69, 9.17) is 4.74 Å². The molecule has 0 heterocycles. The summed E-state index contributed by atoms with van der Waals surface area (Å²) in [5.74, 6) is 1.40. The minimum Gasteiger partial charge on any atom is -0.496 e. The van der Waals surface area contributed by atoms with E-state index in [1.807, 2.05) is 0 Å². The Morgan fingerprint density at radius 1 is 1.33 bits per heavy atom. The molecular formula is C15H25NO2. The van der Waals surface area contributed by atoms with Gasteiger partial charge in [-0.05, 0) is 31.4 Å². The Balaban J connectivity index is 2.71. The van der Waals surface area contributed by atoms with Gasteiger partial charge in [-0.25, -0.2) is 0 Å². The summed E-state index contributed by atoms with van der Waals surface area (Å²) in [5, 5.41) is 12.9. The highest BCUT2D eigenvalue weighted by Gasteiger charge is 2.12. The SMILES string of the molecule is COc1cc(C(C)C)ccc1CNCC(C)(C)O. The fourth-order valence-corrected chi connectivity index (χ4v) is 1.77. The van der Waals surface area contributed by atoms with Crippen molar-refractivity contribution in [1.29, 1.82) is 0 Å². The normalized spacial score (nSPS) is 11.9. The molecule has 0 aliphatic carbocycles. The van der Waals surface area contributed by atoms with E-state index in [1.165, 1.54) is 5.56 Å². The van der Waals surface area contributed by atoms with E-state index >= 15 is 0 Å². The molecule has 1 aromatic rings. The molecule has 102 valence electrons. The van der Waals surface area contributed by atoms with Crippen LogP contribution < -0.4 is 10.1 Å². The second-order valence-electron chi connectivity index (χ2n) is 5.64. The van der Waals surface area contributed by atoms with Gasteiger partial charge in [-0.2, -0.15) is 0 Å². The maximum Gasteiger partial charge on any atom is 0.123 e. The van der Waals surface area contributed by atoms with Crippen molar-refractivity contribution in [2.24, 2.45) is 0 Å². The fourth-order valence-electron chi connectivity index (χ4n) is 1.77. The predicted octanol–water partition coefficient (Wildman–Crippen LogP) is 2.68. The van der Waals surface area contributed by atoms with Crippen molar-refractivity contribution < 1.29 is 9.84 Å². The summed E-state index contributed by atoms with van der Waals surface area (Å²) >= 11 is 0. The first kappa shape index (κ1) is 15.0. The van der Waals surface area contributed by atoms with Crippen LogP contribution in [-0.2, 0) is 6.54 Å². The number of ether oxygens (including phenoxy) is 1. The zero-order chi connectivity index (χ0) is 13.8. The minimum absolute atomic E-state index is 0.497. The van der Waals surface area contributed by atoms with Gasteiger partial charge in [0.15, 0.2) is 0 Å². The van der Waals surface area contributed by atoms with Gasteiger partial charge >= 0.3 is 0 Å². The summed E-state index contributed by atoms with van der Waals surface area (Å²) in [4.78, 5) is 0. The Kier molecular flexibility index (Phi) is 5.17. The van der Waals surface area contributed by atoms with Crippen LogP contribution in [0.2, 0.25) is 0 Å². The molecule has 0 aliphatic rings. The molecule has 0 fully saturated rings. The van der Waals surface area contributed by atoms with E-state index in [0.29, 0.717) is 19.0 Å². The molecule has 0 radical (unpaired) electrons. The van der Waals surface area contributed by atoms with Crippen molar-refractivity contribution in [2.45, 2.75) is 45.8 Å². The van der Waals surface area contributed by atoms with Crippen LogP contribution in [0, 0.1) is 0 Å². The van der Waals surface area contributed by atoms with Crippen LogP contribution in [0.3, 0.4) is 0 Å². The molecule has 0 saturated carbocycles.